The number of ether oxygens (including phenoxy) is 1. The molecule has 0 aliphatic carbocycles. The molecule has 0 fully saturated rings. The van der Waals surface area contributed by atoms with E-state index in [0.717, 1.165) is 11.1 Å². The maximum absolute atomic E-state index is 12.4. The number of para-hydroxylation sites is 1. The molecule has 2 rings (SSSR count). The van der Waals surface area contributed by atoms with E-state index in [-0.39, 0.29) is 6.61 Å². The molecular formula is C20H24N2O4. The number of aliphatic hydroxyl groups is 1. The molecule has 2 aromatic rings. The molecule has 0 radical (unpaired) electrons. The zero-order valence-corrected chi connectivity index (χ0v) is 15.2. The Morgan fingerprint density at radius 1 is 1.12 bits per heavy atom. The molecule has 0 unspecified atom stereocenters. The van der Waals surface area contributed by atoms with Gasteiger partial charge >= 0.3 is 5.97 Å². The Labute approximate surface area is 153 Å². The number of hydrogen-bond acceptors (Lipinski definition) is 5. The van der Waals surface area contributed by atoms with E-state index in [1.807, 2.05) is 32.0 Å². The zero-order chi connectivity index (χ0) is 19.1. The van der Waals surface area contributed by atoms with Crippen molar-refractivity contribution < 1.29 is 19.4 Å². The summed E-state index contributed by atoms with van der Waals surface area (Å²) in [6.07, 6.45) is -0.950. The highest BCUT2D eigenvalue weighted by molar-refractivity contribution is 6.00. The summed E-state index contributed by atoms with van der Waals surface area (Å²) in [5.41, 5.74) is 3.59. The molecule has 1 amide bonds. The van der Waals surface area contributed by atoms with Crippen LogP contribution in [0.4, 0.5) is 11.4 Å². The first-order valence-corrected chi connectivity index (χ1v) is 8.45. The van der Waals surface area contributed by atoms with Gasteiger partial charge in [-0.05, 0) is 44.5 Å². The summed E-state index contributed by atoms with van der Waals surface area (Å²) in [6.45, 7) is 5.67. The molecule has 0 spiro atoms. The van der Waals surface area contributed by atoms with Crippen LogP contribution in [0.25, 0.3) is 0 Å². The number of esters is 1. The number of carbonyl (C=O) groups excluding carboxylic acids is 2. The summed E-state index contributed by atoms with van der Waals surface area (Å²) in [4.78, 5) is 24.7. The lowest BCUT2D eigenvalue weighted by Crippen LogP contribution is -2.30. The van der Waals surface area contributed by atoms with Crippen molar-refractivity contribution in [3.05, 3.63) is 59.2 Å². The van der Waals surface area contributed by atoms with Gasteiger partial charge in [0, 0.05) is 17.9 Å². The number of anilines is 2. The normalized spacial score (nSPS) is 11.5. The first kappa shape index (κ1) is 19.5. The minimum Gasteiger partial charge on any atom is -0.449 e. The van der Waals surface area contributed by atoms with Crippen LogP contribution in [0.2, 0.25) is 0 Å². The van der Waals surface area contributed by atoms with Crippen LogP contribution in [0.15, 0.2) is 42.5 Å². The molecule has 0 saturated heterocycles. The molecule has 26 heavy (non-hydrogen) atoms. The fourth-order valence-corrected chi connectivity index (χ4v) is 2.47. The summed E-state index contributed by atoms with van der Waals surface area (Å²) in [5.74, 6) is -1.000. The SMILES string of the molecule is Cc1ccc(NC(=O)[C@@H](C)OC(=O)c2ccccc2NCCO)c(C)c1. The maximum atomic E-state index is 12.4. The third kappa shape index (κ3) is 5.07. The minimum absolute atomic E-state index is 0.0574. The lowest BCUT2D eigenvalue weighted by Gasteiger charge is -2.16. The highest BCUT2D eigenvalue weighted by atomic mass is 16.5. The van der Waals surface area contributed by atoms with E-state index in [1.165, 1.54) is 6.92 Å². The van der Waals surface area contributed by atoms with Crippen molar-refractivity contribution in [1.82, 2.24) is 0 Å². The molecule has 138 valence electrons. The van der Waals surface area contributed by atoms with E-state index in [0.29, 0.717) is 23.5 Å². The average molecular weight is 356 g/mol. The van der Waals surface area contributed by atoms with E-state index < -0.39 is 18.0 Å². The lowest BCUT2D eigenvalue weighted by atomic mass is 10.1. The van der Waals surface area contributed by atoms with E-state index in [4.69, 9.17) is 9.84 Å². The van der Waals surface area contributed by atoms with Gasteiger partial charge in [-0.3, -0.25) is 4.79 Å². The van der Waals surface area contributed by atoms with E-state index in [9.17, 15) is 9.59 Å². The Hall–Kier alpha value is -2.86. The second-order valence-corrected chi connectivity index (χ2v) is 6.05. The van der Waals surface area contributed by atoms with E-state index in [1.54, 1.807) is 24.3 Å². The van der Waals surface area contributed by atoms with Crippen molar-refractivity contribution in [3.8, 4) is 0 Å². The monoisotopic (exact) mass is 356 g/mol. The molecule has 0 bridgehead atoms. The third-order valence-corrected chi connectivity index (χ3v) is 3.87. The smallest absolute Gasteiger partial charge is 0.341 e. The zero-order valence-electron chi connectivity index (χ0n) is 15.2. The van der Waals surface area contributed by atoms with Crippen molar-refractivity contribution in [3.63, 3.8) is 0 Å². The van der Waals surface area contributed by atoms with Crippen molar-refractivity contribution in [2.45, 2.75) is 26.9 Å². The lowest BCUT2D eigenvalue weighted by molar-refractivity contribution is -0.123. The maximum Gasteiger partial charge on any atom is 0.341 e. The highest BCUT2D eigenvalue weighted by Crippen LogP contribution is 2.19. The molecule has 3 N–H and O–H groups in total. The number of carbonyl (C=O) groups is 2. The molecule has 0 heterocycles. The topological polar surface area (TPSA) is 87.7 Å². The molecule has 2 aromatic carbocycles. The first-order valence-electron chi connectivity index (χ1n) is 8.45. The van der Waals surface area contributed by atoms with E-state index >= 15 is 0 Å². The Balaban J connectivity index is 2.03. The van der Waals surface area contributed by atoms with Gasteiger partial charge in [0.15, 0.2) is 6.10 Å². The molecule has 0 aliphatic heterocycles. The van der Waals surface area contributed by atoms with E-state index in [2.05, 4.69) is 10.6 Å². The van der Waals surface area contributed by atoms with Crippen molar-refractivity contribution >= 4 is 23.3 Å². The Morgan fingerprint density at radius 3 is 2.54 bits per heavy atom. The fourth-order valence-electron chi connectivity index (χ4n) is 2.47. The largest absolute Gasteiger partial charge is 0.449 e. The Kier molecular flexibility index (Phi) is 6.74. The highest BCUT2D eigenvalue weighted by Gasteiger charge is 2.21. The second kappa shape index (κ2) is 9.01. The Bertz CT molecular complexity index is 789. The van der Waals surface area contributed by atoms with Gasteiger partial charge in [0.1, 0.15) is 0 Å². The summed E-state index contributed by atoms with van der Waals surface area (Å²) >= 11 is 0. The number of aryl methyl sites for hydroxylation is 2. The molecular weight excluding hydrogens is 332 g/mol. The Morgan fingerprint density at radius 2 is 1.85 bits per heavy atom. The number of aliphatic hydroxyl groups excluding tert-OH is 1. The quantitative estimate of drug-likeness (QED) is 0.664. The molecule has 1 atom stereocenters. The number of benzene rings is 2. The van der Waals surface area contributed by atoms with Crippen LogP contribution >= 0.6 is 0 Å². The van der Waals surface area contributed by atoms with Gasteiger partial charge < -0.3 is 20.5 Å². The van der Waals surface area contributed by atoms with Crippen molar-refractivity contribution in [1.29, 1.82) is 0 Å². The third-order valence-electron chi connectivity index (χ3n) is 3.87. The molecule has 6 nitrogen and oxygen atoms in total. The van der Waals surface area contributed by atoms with Crippen LogP contribution < -0.4 is 10.6 Å². The van der Waals surface area contributed by atoms with Gasteiger partial charge in [0.2, 0.25) is 0 Å². The number of nitrogens with one attached hydrogen (secondary N) is 2. The van der Waals surface area contributed by atoms with Crippen LogP contribution in [0, 0.1) is 13.8 Å². The van der Waals surface area contributed by atoms with Gasteiger partial charge in [-0.15, -0.1) is 0 Å². The standard InChI is InChI=1S/C20H24N2O4/c1-13-8-9-17(14(2)12-13)22-19(24)15(3)26-20(25)16-6-4-5-7-18(16)21-10-11-23/h4-9,12,15,21,23H,10-11H2,1-3H3,(H,22,24)/t15-/m1/s1. The van der Waals surface area contributed by atoms with Gasteiger partial charge in [0.25, 0.3) is 5.91 Å². The summed E-state index contributed by atoms with van der Waals surface area (Å²) in [6, 6.07) is 12.5. The number of rotatable bonds is 7. The van der Waals surface area contributed by atoms with Crippen molar-refractivity contribution in [2.75, 3.05) is 23.8 Å². The van der Waals surface area contributed by atoms with Crippen molar-refractivity contribution in [2.24, 2.45) is 0 Å². The molecule has 0 aliphatic rings. The van der Waals surface area contributed by atoms with Gasteiger partial charge in [-0.1, -0.05) is 29.8 Å². The van der Waals surface area contributed by atoms with Gasteiger partial charge in [0.05, 0.1) is 12.2 Å². The second-order valence-electron chi connectivity index (χ2n) is 6.05. The summed E-state index contributed by atoms with van der Waals surface area (Å²) in [5, 5.41) is 14.6. The predicted octanol–water partition coefficient (Wildman–Crippen LogP) is 2.89. The first-order chi connectivity index (χ1) is 12.4. The van der Waals surface area contributed by atoms with Crippen LogP contribution in [0.3, 0.4) is 0 Å². The number of hydrogen-bond donors (Lipinski definition) is 3. The van der Waals surface area contributed by atoms with Gasteiger partial charge in [-0.2, -0.15) is 0 Å². The van der Waals surface area contributed by atoms with Crippen LogP contribution in [-0.4, -0.2) is 36.2 Å². The average Bonchev–Trinajstić information content (AvgIpc) is 2.62. The molecule has 6 heteroatoms. The van der Waals surface area contributed by atoms with Crippen LogP contribution in [-0.2, 0) is 9.53 Å². The van der Waals surface area contributed by atoms with Crippen LogP contribution in [0.1, 0.15) is 28.4 Å². The molecule has 0 saturated carbocycles. The van der Waals surface area contributed by atoms with Gasteiger partial charge in [-0.25, -0.2) is 4.79 Å². The minimum atomic E-state index is -0.950. The fraction of sp³-hybridized carbons (Fsp3) is 0.300. The molecule has 0 aromatic heterocycles. The summed E-state index contributed by atoms with van der Waals surface area (Å²) < 4.78 is 5.30. The predicted molar refractivity (Wildman–Crippen MR) is 101 cm³/mol. The summed E-state index contributed by atoms with van der Waals surface area (Å²) in [7, 11) is 0. The van der Waals surface area contributed by atoms with Crippen LogP contribution in [0.5, 0.6) is 0 Å². The number of amides is 1.